The highest BCUT2D eigenvalue weighted by molar-refractivity contribution is 6.29. The Kier molecular flexibility index (Phi) is 5.15. The van der Waals surface area contributed by atoms with Crippen LogP contribution in [-0.4, -0.2) is 35.9 Å². The van der Waals surface area contributed by atoms with Gasteiger partial charge in [0.15, 0.2) is 10.8 Å². The minimum absolute atomic E-state index is 0.208. The Morgan fingerprint density at radius 2 is 2.00 bits per heavy atom. The summed E-state index contributed by atoms with van der Waals surface area (Å²) in [6.45, 7) is 7.55. The van der Waals surface area contributed by atoms with Crippen LogP contribution >= 0.6 is 11.6 Å². The Morgan fingerprint density at radius 1 is 1.35 bits per heavy atom. The second kappa shape index (κ2) is 6.39. The standard InChI is InChI=1S/C11H16ClN3O2/c1-4-15(5-2)8-7-9(12)13-14-10(8)11(16)17-6-3/h7H,4-6H2,1-3H3. The molecule has 0 atom stereocenters. The number of carbonyl (C=O) groups is 1. The van der Waals surface area contributed by atoms with Gasteiger partial charge in [-0.3, -0.25) is 0 Å². The molecule has 0 amide bonds. The molecule has 0 radical (unpaired) electrons. The van der Waals surface area contributed by atoms with Gasteiger partial charge in [0.25, 0.3) is 0 Å². The molecule has 1 aromatic rings. The summed E-state index contributed by atoms with van der Waals surface area (Å²) < 4.78 is 4.94. The SMILES string of the molecule is CCOC(=O)c1nnc(Cl)cc1N(CC)CC. The van der Waals surface area contributed by atoms with Gasteiger partial charge in [0, 0.05) is 19.2 Å². The maximum Gasteiger partial charge on any atom is 0.361 e. The van der Waals surface area contributed by atoms with Crippen LogP contribution in [0.5, 0.6) is 0 Å². The minimum Gasteiger partial charge on any atom is -0.461 e. The normalized spacial score (nSPS) is 10.1. The van der Waals surface area contributed by atoms with Crippen molar-refractivity contribution in [3.8, 4) is 0 Å². The van der Waals surface area contributed by atoms with Crippen LogP contribution in [0.15, 0.2) is 6.07 Å². The first-order chi connectivity index (χ1) is 8.13. The summed E-state index contributed by atoms with van der Waals surface area (Å²) in [4.78, 5) is 13.7. The van der Waals surface area contributed by atoms with Gasteiger partial charge in [0.1, 0.15) is 0 Å². The Balaban J connectivity index is 3.15. The van der Waals surface area contributed by atoms with E-state index in [1.165, 1.54) is 0 Å². The van der Waals surface area contributed by atoms with Gasteiger partial charge in [0.2, 0.25) is 0 Å². The molecular formula is C11H16ClN3O2. The third-order valence-corrected chi connectivity index (χ3v) is 2.50. The summed E-state index contributed by atoms with van der Waals surface area (Å²) in [5, 5.41) is 7.76. The number of ether oxygens (including phenoxy) is 1. The lowest BCUT2D eigenvalue weighted by Crippen LogP contribution is -2.25. The van der Waals surface area contributed by atoms with Crippen LogP contribution in [0.25, 0.3) is 0 Å². The number of hydrogen-bond acceptors (Lipinski definition) is 5. The fraction of sp³-hybridized carbons (Fsp3) is 0.545. The zero-order chi connectivity index (χ0) is 12.8. The van der Waals surface area contributed by atoms with E-state index in [4.69, 9.17) is 16.3 Å². The van der Waals surface area contributed by atoms with Gasteiger partial charge in [-0.25, -0.2) is 4.79 Å². The Bertz CT molecular complexity index is 394. The molecular weight excluding hydrogens is 242 g/mol. The quantitative estimate of drug-likeness (QED) is 0.757. The van der Waals surface area contributed by atoms with Gasteiger partial charge in [-0.1, -0.05) is 11.6 Å². The lowest BCUT2D eigenvalue weighted by Gasteiger charge is -2.22. The first kappa shape index (κ1) is 13.7. The number of hydrogen-bond donors (Lipinski definition) is 0. The van der Waals surface area contributed by atoms with E-state index in [0.29, 0.717) is 12.3 Å². The number of esters is 1. The number of aromatic nitrogens is 2. The van der Waals surface area contributed by atoms with Crippen LogP contribution in [0, 0.1) is 0 Å². The topological polar surface area (TPSA) is 55.3 Å². The molecule has 0 saturated heterocycles. The van der Waals surface area contributed by atoms with E-state index in [1.807, 2.05) is 18.7 Å². The molecule has 1 heterocycles. The Morgan fingerprint density at radius 3 is 2.53 bits per heavy atom. The average Bonchev–Trinajstić information content (AvgIpc) is 2.31. The van der Waals surface area contributed by atoms with Crippen molar-refractivity contribution in [2.45, 2.75) is 20.8 Å². The molecule has 1 rings (SSSR count). The van der Waals surface area contributed by atoms with Gasteiger partial charge < -0.3 is 9.64 Å². The van der Waals surface area contributed by atoms with Crippen molar-refractivity contribution in [3.63, 3.8) is 0 Å². The van der Waals surface area contributed by atoms with Gasteiger partial charge in [-0.2, -0.15) is 0 Å². The third kappa shape index (κ3) is 3.30. The molecule has 0 bridgehead atoms. The monoisotopic (exact) mass is 257 g/mol. The predicted molar refractivity (Wildman–Crippen MR) is 66.6 cm³/mol. The van der Waals surface area contributed by atoms with Crippen LogP contribution in [0.1, 0.15) is 31.3 Å². The highest BCUT2D eigenvalue weighted by Gasteiger charge is 2.19. The Hall–Kier alpha value is -1.36. The first-order valence-electron chi connectivity index (χ1n) is 5.59. The smallest absolute Gasteiger partial charge is 0.361 e. The van der Waals surface area contributed by atoms with Crippen molar-refractivity contribution in [1.82, 2.24) is 10.2 Å². The van der Waals surface area contributed by atoms with Crippen LogP contribution in [0.2, 0.25) is 5.15 Å². The summed E-state index contributed by atoms with van der Waals surface area (Å²) in [6.07, 6.45) is 0. The number of nitrogens with zero attached hydrogens (tertiary/aromatic N) is 3. The number of carbonyl (C=O) groups excluding carboxylic acids is 1. The summed E-state index contributed by atoms with van der Waals surface area (Å²) >= 11 is 5.80. The minimum atomic E-state index is -0.474. The molecule has 0 fully saturated rings. The third-order valence-electron chi connectivity index (χ3n) is 2.32. The first-order valence-corrected chi connectivity index (χ1v) is 5.97. The van der Waals surface area contributed by atoms with E-state index in [-0.39, 0.29) is 10.8 Å². The van der Waals surface area contributed by atoms with E-state index in [0.717, 1.165) is 13.1 Å². The van der Waals surface area contributed by atoms with Crippen molar-refractivity contribution >= 4 is 23.3 Å². The molecule has 17 heavy (non-hydrogen) atoms. The van der Waals surface area contributed by atoms with Crippen LogP contribution < -0.4 is 4.90 Å². The molecule has 1 aromatic heterocycles. The van der Waals surface area contributed by atoms with Crippen molar-refractivity contribution in [3.05, 3.63) is 16.9 Å². The van der Waals surface area contributed by atoms with E-state index in [9.17, 15) is 4.79 Å². The fourth-order valence-corrected chi connectivity index (χ4v) is 1.65. The van der Waals surface area contributed by atoms with E-state index in [2.05, 4.69) is 10.2 Å². The van der Waals surface area contributed by atoms with Crippen molar-refractivity contribution < 1.29 is 9.53 Å². The second-order valence-corrected chi connectivity index (χ2v) is 3.68. The van der Waals surface area contributed by atoms with Gasteiger partial charge in [-0.05, 0) is 20.8 Å². The highest BCUT2D eigenvalue weighted by atomic mass is 35.5. The fourth-order valence-electron chi connectivity index (χ4n) is 1.51. The van der Waals surface area contributed by atoms with Crippen LogP contribution in [-0.2, 0) is 4.74 Å². The van der Waals surface area contributed by atoms with E-state index >= 15 is 0 Å². The Labute approximate surface area is 106 Å². The molecule has 0 aliphatic carbocycles. The molecule has 0 aromatic carbocycles. The molecule has 6 heteroatoms. The van der Waals surface area contributed by atoms with Gasteiger partial charge in [0.05, 0.1) is 12.3 Å². The van der Waals surface area contributed by atoms with Crippen LogP contribution in [0.4, 0.5) is 5.69 Å². The molecule has 5 nitrogen and oxygen atoms in total. The summed E-state index contributed by atoms with van der Waals surface area (Å²) in [5.41, 5.74) is 0.869. The van der Waals surface area contributed by atoms with Crippen LogP contribution in [0.3, 0.4) is 0 Å². The lowest BCUT2D eigenvalue weighted by atomic mass is 10.3. The lowest BCUT2D eigenvalue weighted by molar-refractivity contribution is 0.0519. The molecule has 94 valence electrons. The maximum atomic E-state index is 11.7. The molecule has 0 unspecified atom stereocenters. The summed E-state index contributed by atoms with van der Waals surface area (Å²) in [6, 6.07) is 1.63. The molecule has 0 aliphatic heterocycles. The largest absolute Gasteiger partial charge is 0.461 e. The zero-order valence-corrected chi connectivity index (χ0v) is 11.0. The predicted octanol–water partition coefficient (Wildman–Crippen LogP) is 2.15. The number of anilines is 1. The molecule has 0 aliphatic rings. The summed E-state index contributed by atoms with van der Waals surface area (Å²) in [7, 11) is 0. The highest BCUT2D eigenvalue weighted by Crippen LogP contribution is 2.21. The van der Waals surface area contributed by atoms with Crippen molar-refractivity contribution in [2.24, 2.45) is 0 Å². The van der Waals surface area contributed by atoms with Gasteiger partial charge in [-0.15, -0.1) is 10.2 Å². The maximum absolute atomic E-state index is 11.7. The van der Waals surface area contributed by atoms with Crippen molar-refractivity contribution in [1.29, 1.82) is 0 Å². The molecule has 0 spiro atoms. The summed E-state index contributed by atoms with van der Waals surface area (Å²) in [5.74, 6) is -0.474. The van der Waals surface area contributed by atoms with Crippen molar-refractivity contribution in [2.75, 3.05) is 24.6 Å². The molecule has 0 saturated carbocycles. The number of rotatable bonds is 5. The van der Waals surface area contributed by atoms with E-state index < -0.39 is 5.97 Å². The number of halogens is 1. The van der Waals surface area contributed by atoms with E-state index in [1.54, 1.807) is 13.0 Å². The average molecular weight is 258 g/mol. The second-order valence-electron chi connectivity index (χ2n) is 3.29. The molecule has 0 N–H and O–H groups in total. The van der Waals surface area contributed by atoms with Gasteiger partial charge >= 0.3 is 5.97 Å². The zero-order valence-electron chi connectivity index (χ0n) is 10.2.